The zero-order valence-corrected chi connectivity index (χ0v) is 56.7. The number of hydrogen-bond donors (Lipinski definition) is 1. The first kappa shape index (κ1) is 65.0. The molecule has 1 N–H and O–H groups in total. The molecule has 0 radical (unpaired) electrons. The summed E-state index contributed by atoms with van der Waals surface area (Å²) >= 11 is 0. The van der Waals surface area contributed by atoms with E-state index in [2.05, 4.69) is 43.9 Å². The second-order valence-corrected chi connectivity index (χ2v) is 26.7. The number of nitrogens with zero attached hydrogens (tertiary/aromatic N) is 8. The van der Waals surface area contributed by atoms with Crippen molar-refractivity contribution in [3.8, 4) is 69.6 Å². The van der Waals surface area contributed by atoms with Crippen LogP contribution in [0.5, 0.6) is 57.5 Å². The molecule has 25 nitrogen and oxygen atoms in total. The minimum absolute atomic E-state index is 0.00815. The van der Waals surface area contributed by atoms with Crippen molar-refractivity contribution in [2.24, 2.45) is 0 Å². The minimum atomic E-state index is -0.730. The summed E-state index contributed by atoms with van der Waals surface area (Å²) in [5, 5.41) is 33.8. The lowest BCUT2D eigenvalue weighted by Gasteiger charge is -2.60. The number of methoxy groups -OCH3 is 4. The third kappa shape index (κ3) is 9.63. The Morgan fingerprint density at radius 1 is 0.535 bits per heavy atom. The third-order valence-corrected chi connectivity index (χ3v) is 21.9. The first-order valence-electron chi connectivity index (χ1n) is 32.9. The second-order valence-electron chi connectivity index (χ2n) is 26.7. The summed E-state index contributed by atoms with van der Waals surface area (Å²) in [6, 6.07) is 18.3. The Kier molecular flexibility index (Phi) is 16.3. The highest BCUT2D eigenvalue weighted by atomic mass is 16.7. The molecule has 6 aromatic carbocycles. The number of imide groups is 2. The minimum Gasteiger partial charge on any atom is -0.507 e. The van der Waals surface area contributed by atoms with Crippen LogP contribution in [-0.2, 0) is 40.0 Å². The molecule has 0 saturated carbocycles. The topological polar surface area (TPSA) is 274 Å². The van der Waals surface area contributed by atoms with Crippen molar-refractivity contribution >= 4 is 29.6 Å². The first-order valence-corrected chi connectivity index (χ1v) is 32.9. The smallest absolute Gasteiger partial charge is 0.308 e. The quantitative estimate of drug-likeness (QED) is 0.0499. The van der Waals surface area contributed by atoms with E-state index in [0.717, 1.165) is 33.4 Å². The van der Waals surface area contributed by atoms with Crippen LogP contribution in [0.25, 0.3) is 0 Å². The summed E-state index contributed by atoms with van der Waals surface area (Å²) in [6.07, 6.45) is 1.79. The van der Waals surface area contributed by atoms with Gasteiger partial charge in [-0.1, -0.05) is 36.4 Å². The van der Waals surface area contributed by atoms with Crippen LogP contribution < -0.4 is 42.6 Å². The van der Waals surface area contributed by atoms with Crippen molar-refractivity contribution in [1.29, 1.82) is 10.5 Å². The van der Waals surface area contributed by atoms with Gasteiger partial charge in [0.05, 0.1) is 72.8 Å². The molecular weight excluding hydrogens is 1270 g/mol. The largest absolute Gasteiger partial charge is 0.507 e. The van der Waals surface area contributed by atoms with Crippen molar-refractivity contribution in [3.63, 3.8) is 0 Å². The molecule has 4 bridgehead atoms. The van der Waals surface area contributed by atoms with Gasteiger partial charge in [-0.2, -0.15) is 10.5 Å². The number of rotatable bonds is 13. The molecule has 16 rings (SSSR count). The summed E-state index contributed by atoms with van der Waals surface area (Å²) in [7, 11) is 10.4. The van der Waals surface area contributed by atoms with Crippen LogP contribution in [0.1, 0.15) is 139 Å². The highest BCUT2D eigenvalue weighted by Crippen LogP contribution is 2.62. The molecule has 2 fully saturated rings. The third-order valence-electron chi connectivity index (χ3n) is 21.9. The average Bonchev–Trinajstić information content (AvgIpc) is 1.19. The molecule has 0 unspecified atom stereocenters. The van der Waals surface area contributed by atoms with Crippen LogP contribution in [0, 0.1) is 50.4 Å². The molecule has 10 aliphatic rings. The zero-order chi connectivity index (χ0) is 69.5. The number of aryl methyl sites for hydroxylation is 2. The molecule has 0 aliphatic carbocycles. The van der Waals surface area contributed by atoms with Crippen molar-refractivity contribution in [1.82, 2.24) is 29.4 Å². The van der Waals surface area contributed by atoms with E-state index in [-0.39, 0.29) is 76.2 Å². The van der Waals surface area contributed by atoms with E-state index < -0.39 is 59.8 Å². The molecule has 99 heavy (non-hydrogen) atoms. The number of ether oxygens (including phenoxy) is 11. The Bertz CT molecular complexity index is 4490. The molecule has 10 heterocycles. The maximum atomic E-state index is 13.9. The lowest BCUT2D eigenvalue weighted by atomic mass is 9.71. The fourth-order valence-electron chi connectivity index (χ4n) is 17.9. The first-order chi connectivity index (χ1) is 47.8. The fraction of sp³-hybridized carbons (Fsp3) is 0.419. The van der Waals surface area contributed by atoms with Crippen LogP contribution in [0.15, 0.2) is 60.7 Å². The van der Waals surface area contributed by atoms with Crippen LogP contribution in [0.3, 0.4) is 0 Å². The van der Waals surface area contributed by atoms with E-state index in [4.69, 9.17) is 52.1 Å². The molecule has 0 aromatic heterocycles. The van der Waals surface area contributed by atoms with E-state index in [9.17, 15) is 39.6 Å². The van der Waals surface area contributed by atoms with E-state index in [0.29, 0.717) is 133 Å². The lowest BCUT2D eigenvalue weighted by molar-refractivity contribution is -0.132. The highest BCUT2D eigenvalue weighted by Gasteiger charge is 2.60. The zero-order valence-electron chi connectivity index (χ0n) is 56.7. The molecule has 0 spiro atoms. The van der Waals surface area contributed by atoms with Gasteiger partial charge in [0, 0.05) is 103 Å². The van der Waals surface area contributed by atoms with E-state index in [1.165, 1.54) is 16.7 Å². The summed E-state index contributed by atoms with van der Waals surface area (Å²) in [4.78, 5) is 79.3. The summed E-state index contributed by atoms with van der Waals surface area (Å²) in [6.45, 7) is 8.68. The van der Waals surface area contributed by atoms with Gasteiger partial charge in [-0.25, -0.2) is 0 Å². The molecular formula is C74H74N8O17. The number of esters is 1. The Morgan fingerprint density at radius 2 is 0.929 bits per heavy atom. The Labute approximate surface area is 571 Å². The Balaban J connectivity index is 0.000000162. The van der Waals surface area contributed by atoms with Gasteiger partial charge in [0.15, 0.2) is 59.6 Å². The van der Waals surface area contributed by atoms with Crippen LogP contribution in [0.4, 0.5) is 0 Å². The number of carbonyl (C=O) groups excluding carboxylic acids is 5. The van der Waals surface area contributed by atoms with Gasteiger partial charge >= 0.3 is 5.97 Å². The number of nitriles is 2. The van der Waals surface area contributed by atoms with Gasteiger partial charge in [-0.15, -0.1) is 0 Å². The lowest BCUT2D eigenvalue weighted by Crippen LogP contribution is -2.69. The van der Waals surface area contributed by atoms with Crippen molar-refractivity contribution in [2.45, 2.75) is 121 Å². The van der Waals surface area contributed by atoms with Crippen LogP contribution in [-0.4, -0.2) is 183 Å². The maximum absolute atomic E-state index is 13.9. The molecule has 2 saturated heterocycles. The van der Waals surface area contributed by atoms with Crippen LogP contribution in [0.2, 0.25) is 0 Å². The van der Waals surface area contributed by atoms with Crippen molar-refractivity contribution in [2.75, 3.05) is 82.8 Å². The Morgan fingerprint density at radius 3 is 1.32 bits per heavy atom. The Hall–Kier alpha value is -9.99. The van der Waals surface area contributed by atoms with Gasteiger partial charge in [0.1, 0.15) is 23.6 Å². The number of likely N-dealkylation sites (N-methyl/N-ethyl adjacent to an activating group) is 2. The van der Waals surface area contributed by atoms with Crippen LogP contribution >= 0.6 is 0 Å². The van der Waals surface area contributed by atoms with Gasteiger partial charge in [0.2, 0.25) is 13.6 Å². The van der Waals surface area contributed by atoms with Gasteiger partial charge in [0.25, 0.3) is 23.6 Å². The standard InChI is InChI=1S/C38H38N4O9.C36H36N4O8/c1-18-11-21-12-25-27(14-39)42-26(31(40(25)4)29(21)35(32(18)47-6)48-16-46-5)13-24-30(36-34(49-17-50-36)19(2)33(24)51-20(3)43)28(42)15-41-37(44)22-9-7-8-10-23(22)38(41)45;1-17-10-19-11-23-25(13-37)40-24(29(38(23)3)27(19)33(31(17)45-5)46-15-44-4)12-22-28(34-32(47-16-48-34)18(2)30(22)41)26(40)14-39-35(42)20-8-6-7-9-21(20)36(39)43/h7-11,25-28,31H,12-13,15-17H2,1-6H3;6-10,23-26,29,41H,11-12,14-16H2,1-5H3/t25-,26-,27-,28-,31-;23-,24-,25-,26-,29-/m00/s1. The number of piperazine rings is 2. The van der Waals surface area contributed by atoms with Crippen molar-refractivity contribution in [3.05, 3.63) is 150 Å². The number of phenolic OH excluding ortho intramolecular Hbond substituents is 1. The number of hydrogen-bond acceptors (Lipinski definition) is 23. The highest BCUT2D eigenvalue weighted by molar-refractivity contribution is 6.22. The number of amides is 4. The molecule has 4 amide bonds. The SMILES string of the molecule is COCOc1c(OC)c(C)cc2c1[C@@H]1[C@@H]3Cc4c(O)c(C)c5c(c4[C@H](CN4C(=O)c6ccccc6C4=O)N3[C@@H](C#N)[C@H](C2)N1C)OCO5.COCOc1c(OC)c(C)cc2c1[C@@H]1[C@@H]3Cc4c(OC(C)=O)c(C)c5c(c4[C@H](CN4C(=O)c6ccccc6C4=O)N3[C@@H](C#N)[C@H](C2)N1C)OCO5. The number of carbonyl (C=O) groups is 5. The second kappa shape index (κ2) is 24.8. The van der Waals surface area contributed by atoms with E-state index >= 15 is 0 Å². The number of aromatic hydroxyl groups is 1. The van der Waals surface area contributed by atoms with Gasteiger partial charge < -0.3 is 57.2 Å². The summed E-state index contributed by atoms with van der Waals surface area (Å²) < 4.78 is 65.0. The average molecular weight is 1350 g/mol. The predicted molar refractivity (Wildman–Crippen MR) is 351 cm³/mol. The van der Waals surface area contributed by atoms with Crippen molar-refractivity contribution < 1.29 is 81.2 Å². The number of fused-ring (bicyclic) bond motifs is 20. The fourth-order valence-corrected chi connectivity index (χ4v) is 17.9. The maximum Gasteiger partial charge on any atom is 0.308 e. The number of benzene rings is 6. The number of phenols is 1. The summed E-state index contributed by atoms with van der Waals surface area (Å²) in [5.74, 6) is 2.43. The summed E-state index contributed by atoms with van der Waals surface area (Å²) in [5.41, 5.74) is 10.9. The normalized spacial score (nSPS) is 24.8. The monoisotopic (exact) mass is 1350 g/mol. The molecule has 10 atom stereocenters. The molecule has 512 valence electrons. The van der Waals surface area contributed by atoms with Gasteiger partial charge in [-0.3, -0.25) is 53.4 Å². The molecule has 25 heteroatoms. The van der Waals surface area contributed by atoms with Gasteiger partial charge in [-0.05, 0) is 114 Å². The molecule has 10 aliphatic heterocycles. The van der Waals surface area contributed by atoms with E-state index in [1.54, 1.807) is 83.9 Å². The van der Waals surface area contributed by atoms with E-state index in [1.807, 2.05) is 34.9 Å². The molecule has 6 aromatic rings. The predicted octanol–water partition coefficient (Wildman–Crippen LogP) is 7.81.